The minimum absolute atomic E-state index is 0.186. The summed E-state index contributed by atoms with van der Waals surface area (Å²) < 4.78 is 10.8. The fourth-order valence-corrected chi connectivity index (χ4v) is 5.15. The second-order valence-electron chi connectivity index (χ2n) is 11.6. The molecule has 7 nitrogen and oxygen atoms in total. The minimum atomic E-state index is -0.286. The maximum atomic E-state index is 12.6. The van der Waals surface area contributed by atoms with E-state index >= 15 is 0 Å². The molecule has 39 heavy (non-hydrogen) atoms. The molecule has 228 valence electrons. The van der Waals surface area contributed by atoms with E-state index in [1.54, 1.807) is 0 Å². The Bertz CT molecular complexity index is 640. The topological polar surface area (TPSA) is 84.9 Å². The average molecular weight is 553 g/mol. The highest BCUT2D eigenvalue weighted by Gasteiger charge is 2.28. The first-order valence-electron chi connectivity index (χ1n) is 16.3. The Morgan fingerprint density at radius 2 is 1.36 bits per heavy atom. The van der Waals surface area contributed by atoms with Gasteiger partial charge in [-0.2, -0.15) is 0 Å². The number of nitrogens with zero attached hydrogens (tertiary/aromatic N) is 1. The number of rotatable bonds is 25. The van der Waals surface area contributed by atoms with Gasteiger partial charge in [0, 0.05) is 25.9 Å². The molecule has 1 heterocycles. The molecular formula is C32H60N2O5. The zero-order valence-electron chi connectivity index (χ0n) is 25.6. The van der Waals surface area contributed by atoms with Gasteiger partial charge in [-0.25, -0.2) is 0 Å². The smallest absolute Gasteiger partial charge is 0.306 e. The largest absolute Gasteiger partial charge is 0.456 e. The fraction of sp³-hybridized carbons (Fsp3) is 0.906. The highest BCUT2D eigenvalue weighted by Crippen LogP contribution is 2.20. The van der Waals surface area contributed by atoms with Crippen molar-refractivity contribution in [3.63, 3.8) is 0 Å². The van der Waals surface area contributed by atoms with E-state index in [0.29, 0.717) is 26.0 Å². The summed E-state index contributed by atoms with van der Waals surface area (Å²) in [7, 11) is 0. The van der Waals surface area contributed by atoms with Crippen LogP contribution in [0.3, 0.4) is 0 Å². The van der Waals surface area contributed by atoms with Gasteiger partial charge in [0.25, 0.3) is 5.91 Å². The molecule has 7 heteroatoms. The molecule has 2 amide bonds. The van der Waals surface area contributed by atoms with Crippen molar-refractivity contribution < 1.29 is 23.9 Å². The first-order chi connectivity index (χ1) is 18.9. The molecule has 1 fully saturated rings. The van der Waals surface area contributed by atoms with Gasteiger partial charge < -0.3 is 19.7 Å². The van der Waals surface area contributed by atoms with Crippen LogP contribution in [0.1, 0.15) is 149 Å². The third-order valence-electron chi connectivity index (χ3n) is 7.56. The van der Waals surface area contributed by atoms with Gasteiger partial charge in [0.2, 0.25) is 5.91 Å². The van der Waals surface area contributed by atoms with Crippen molar-refractivity contribution in [2.24, 2.45) is 0 Å². The van der Waals surface area contributed by atoms with Crippen LogP contribution < -0.4 is 5.32 Å². The zero-order valence-corrected chi connectivity index (χ0v) is 25.6. The van der Waals surface area contributed by atoms with E-state index in [1.807, 2.05) is 18.7 Å². The normalized spacial score (nSPS) is 15.2. The van der Waals surface area contributed by atoms with Gasteiger partial charge in [-0.15, -0.1) is 0 Å². The molecule has 1 unspecified atom stereocenters. The Labute approximate surface area is 239 Å². The monoisotopic (exact) mass is 552 g/mol. The van der Waals surface area contributed by atoms with E-state index in [9.17, 15) is 14.4 Å². The Kier molecular flexibility index (Phi) is 22.0. The van der Waals surface area contributed by atoms with E-state index in [4.69, 9.17) is 9.47 Å². The highest BCUT2D eigenvalue weighted by molar-refractivity contribution is 5.80. The molecule has 1 aliphatic rings. The minimum Gasteiger partial charge on any atom is -0.456 e. The van der Waals surface area contributed by atoms with Gasteiger partial charge in [-0.1, -0.05) is 90.4 Å². The number of esters is 1. The molecule has 0 aliphatic carbocycles. The summed E-state index contributed by atoms with van der Waals surface area (Å²) >= 11 is 0. The predicted molar refractivity (Wildman–Crippen MR) is 159 cm³/mol. The molecule has 0 aromatic heterocycles. The third-order valence-corrected chi connectivity index (χ3v) is 7.56. The molecule has 1 rings (SSSR count). The van der Waals surface area contributed by atoms with E-state index < -0.39 is 0 Å². The Hall–Kier alpha value is -1.63. The molecule has 0 aromatic carbocycles. The van der Waals surface area contributed by atoms with Gasteiger partial charge in [0.05, 0.1) is 18.8 Å². The average Bonchev–Trinajstić information content (AvgIpc) is 3.39. The molecule has 1 atom stereocenters. The summed E-state index contributed by atoms with van der Waals surface area (Å²) in [4.78, 5) is 38.4. The quantitative estimate of drug-likeness (QED) is 0.0964. The fourth-order valence-electron chi connectivity index (χ4n) is 5.15. The highest BCUT2D eigenvalue weighted by atomic mass is 16.5. The predicted octanol–water partition coefficient (Wildman–Crippen LogP) is 7.10. The number of hydrogen-bond donors (Lipinski definition) is 1. The molecule has 0 aromatic rings. The standard InChI is InChI=1S/C32H60N2O5/c1-4-5-6-7-8-9-10-11-12-13-14-15-18-23-32(37)39-27-30(35)33-24-19-16-17-22-31(36)34-25-20-21-29(34)26-38-28(2)3/h28-29H,4-27H2,1-3H3,(H,33,35). The lowest BCUT2D eigenvalue weighted by Gasteiger charge is -2.25. The Morgan fingerprint density at radius 3 is 1.97 bits per heavy atom. The summed E-state index contributed by atoms with van der Waals surface area (Å²) in [6.07, 6.45) is 22.2. The van der Waals surface area contributed by atoms with Crippen LogP contribution in [0.5, 0.6) is 0 Å². The van der Waals surface area contributed by atoms with Gasteiger partial charge in [-0.3, -0.25) is 14.4 Å². The molecule has 1 saturated heterocycles. The molecular weight excluding hydrogens is 492 g/mol. The van der Waals surface area contributed by atoms with E-state index in [2.05, 4.69) is 12.2 Å². The van der Waals surface area contributed by atoms with Crippen LogP contribution >= 0.6 is 0 Å². The second kappa shape index (κ2) is 24.2. The Balaban J connectivity index is 1.90. The molecule has 1 aliphatic heterocycles. The lowest BCUT2D eigenvalue weighted by Crippen LogP contribution is -2.38. The number of ether oxygens (including phenoxy) is 2. The number of hydrogen-bond acceptors (Lipinski definition) is 5. The molecule has 0 radical (unpaired) electrons. The number of carbonyl (C=O) groups excluding carboxylic acids is 3. The summed E-state index contributed by atoms with van der Waals surface area (Å²) in [5.41, 5.74) is 0. The summed E-state index contributed by atoms with van der Waals surface area (Å²) in [5, 5.41) is 2.80. The molecule has 0 spiro atoms. The van der Waals surface area contributed by atoms with Crippen LogP contribution in [-0.4, -0.2) is 61.1 Å². The van der Waals surface area contributed by atoms with Crippen molar-refractivity contribution in [1.82, 2.24) is 10.2 Å². The van der Waals surface area contributed by atoms with Crippen LogP contribution in [-0.2, 0) is 23.9 Å². The van der Waals surface area contributed by atoms with Crippen molar-refractivity contribution in [2.75, 3.05) is 26.3 Å². The summed E-state index contributed by atoms with van der Waals surface area (Å²) in [6, 6.07) is 0.214. The molecule has 0 saturated carbocycles. The number of nitrogens with one attached hydrogen (secondary N) is 1. The van der Waals surface area contributed by atoms with Crippen LogP contribution in [0.2, 0.25) is 0 Å². The van der Waals surface area contributed by atoms with E-state index in [0.717, 1.165) is 51.5 Å². The van der Waals surface area contributed by atoms with Crippen molar-refractivity contribution in [2.45, 2.75) is 161 Å². The van der Waals surface area contributed by atoms with Gasteiger partial charge >= 0.3 is 5.97 Å². The molecule has 1 N–H and O–H groups in total. The third kappa shape index (κ3) is 20.0. The van der Waals surface area contributed by atoms with Crippen molar-refractivity contribution in [1.29, 1.82) is 0 Å². The van der Waals surface area contributed by atoms with Crippen LogP contribution in [0.15, 0.2) is 0 Å². The van der Waals surface area contributed by atoms with Gasteiger partial charge in [0.15, 0.2) is 6.61 Å². The van der Waals surface area contributed by atoms with Gasteiger partial charge in [0.1, 0.15) is 0 Å². The first-order valence-corrected chi connectivity index (χ1v) is 16.3. The van der Waals surface area contributed by atoms with E-state index in [-0.39, 0.29) is 36.5 Å². The van der Waals surface area contributed by atoms with Crippen LogP contribution in [0.4, 0.5) is 0 Å². The number of unbranched alkanes of at least 4 members (excludes halogenated alkanes) is 14. The van der Waals surface area contributed by atoms with Crippen LogP contribution in [0.25, 0.3) is 0 Å². The second-order valence-corrected chi connectivity index (χ2v) is 11.6. The van der Waals surface area contributed by atoms with Crippen molar-refractivity contribution in [3.05, 3.63) is 0 Å². The zero-order chi connectivity index (χ0) is 28.6. The number of amides is 2. The van der Waals surface area contributed by atoms with E-state index in [1.165, 1.54) is 70.6 Å². The summed E-state index contributed by atoms with van der Waals surface area (Å²) in [6.45, 7) is 8.09. The Morgan fingerprint density at radius 1 is 0.795 bits per heavy atom. The summed E-state index contributed by atoms with van der Waals surface area (Å²) in [5.74, 6) is -0.329. The van der Waals surface area contributed by atoms with Crippen molar-refractivity contribution in [3.8, 4) is 0 Å². The maximum absolute atomic E-state index is 12.6. The lowest BCUT2D eigenvalue weighted by molar-refractivity contribution is -0.148. The molecule has 0 bridgehead atoms. The number of carbonyl (C=O) groups is 3. The number of likely N-dealkylation sites (tertiary alicyclic amines) is 1. The van der Waals surface area contributed by atoms with Crippen LogP contribution in [0, 0.1) is 0 Å². The maximum Gasteiger partial charge on any atom is 0.306 e. The first kappa shape index (κ1) is 35.4. The lowest BCUT2D eigenvalue weighted by atomic mass is 10.0. The SMILES string of the molecule is CCCCCCCCCCCCCCCC(=O)OCC(=O)NCCCCCC(=O)N1CCCC1COC(C)C. The van der Waals surface area contributed by atoms with Crippen molar-refractivity contribution >= 4 is 17.8 Å². The van der Waals surface area contributed by atoms with Gasteiger partial charge in [-0.05, 0) is 46.0 Å².